The van der Waals surface area contributed by atoms with Gasteiger partial charge in [-0.05, 0) is 62.4 Å². The summed E-state index contributed by atoms with van der Waals surface area (Å²) in [6.07, 6.45) is 9.39. The van der Waals surface area contributed by atoms with E-state index in [-0.39, 0.29) is 0 Å². The maximum Gasteiger partial charge on any atom is 0.241 e. The van der Waals surface area contributed by atoms with Crippen molar-refractivity contribution in [2.75, 3.05) is 19.8 Å². The number of carbonyl (C=O) groups is 1. The third kappa shape index (κ3) is 2.53. The Balaban J connectivity index is 1.58. The molecular formula is C19H33N3O. The second kappa shape index (κ2) is 6.36. The number of amides is 1. The van der Waals surface area contributed by atoms with Crippen LogP contribution >= 0.6 is 0 Å². The van der Waals surface area contributed by atoms with Crippen molar-refractivity contribution in [3.05, 3.63) is 0 Å². The van der Waals surface area contributed by atoms with Crippen LogP contribution in [0.25, 0.3) is 0 Å². The van der Waals surface area contributed by atoms with Gasteiger partial charge in [-0.25, -0.2) is 5.43 Å². The summed E-state index contributed by atoms with van der Waals surface area (Å²) in [4.78, 5) is 15.4. The van der Waals surface area contributed by atoms with E-state index in [0.717, 1.165) is 43.9 Å². The normalized spacial score (nSPS) is 42.7. The van der Waals surface area contributed by atoms with E-state index < -0.39 is 0 Å². The Morgan fingerprint density at radius 1 is 1.00 bits per heavy atom. The highest BCUT2D eigenvalue weighted by Gasteiger charge is 2.58. The summed E-state index contributed by atoms with van der Waals surface area (Å²) in [5, 5.41) is 2.00. The Labute approximate surface area is 140 Å². The van der Waals surface area contributed by atoms with Crippen LogP contribution in [0.2, 0.25) is 0 Å². The van der Waals surface area contributed by atoms with Gasteiger partial charge in [-0.1, -0.05) is 33.1 Å². The Morgan fingerprint density at radius 3 is 2.43 bits per heavy atom. The van der Waals surface area contributed by atoms with Gasteiger partial charge in [0.05, 0.1) is 6.67 Å². The molecule has 4 heteroatoms. The molecule has 0 radical (unpaired) electrons. The average molecular weight is 319 g/mol. The first kappa shape index (κ1) is 15.9. The van der Waals surface area contributed by atoms with Crippen LogP contribution in [-0.2, 0) is 4.79 Å². The van der Waals surface area contributed by atoms with Crippen molar-refractivity contribution >= 4 is 5.91 Å². The van der Waals surface area contributed by atoms with Crippen molar-refractivity contribution in [3.63, 3.8) is 0 Å². The minimum absolute atomic E-state index is 0.307. The van der Waals surface area contributed by atoms with Gasteiger partial charge in [0.15, 0.2) is 0 Å². The predicted octanol–water partition coefficient (Wildman–Crippen LogP) is 2.85. The summed E-state index contributed by atoms with van der Waals surface area (Å²) in [5.74, 6) is 3.89. The molecule has 0 bridgehead atoms. The van der Waals surface area contributed by atoms with Gasteiger partial charge in [-0.3, -0.25) is 14.7 Å². The number of hydrogen-bond acceptors (Lipinski definition) is 3. The molecule has 4 fully saturated rings. The first-order valence-electron chi connectivity index (χ1n) is 10.0. The highest BCUT2D eigenvalue weighted by atomic mass is 16.2. The first-order valence-corrected chi connectivity index (χ1v) is 10.0. The van der Waals surface area contributed by atoms with E-state index in [2.05, 4.69) is 24.2 Å². The molecule has 0 spiro atoms. The molecule has 23 heavy (non-hydrogen) atoms. The van der Waals surface area contributed by atoms with Crippen LogP contribution in [0.5, 0.6) is 0 Å². The Kier molecular flexibility index (Phi) is 4.39. The number of hydrogen-bond donors (Lipinski definition) is 1. The molecule has 4 aliphatic rings. The molecule has 3 saturated carbocycles. The van der Waals surface area contributed by atoms with E-state index in [1.54, 1.807) is 0 Å². The zero-order chi connectivity index (χ0) is 16.0. The highest BCUT2D eigenvalue weighted by molar-refractivity contribution is 5.80. The van der Waals surface area contributed by atoms with E-state index in [1.165, 1.54) is 38.5 Å². The van der Waals surface area contributed by atoms with Crippen LogP contribution in [0.15, 0.2) is 0 Å². The zero-order valence-electron chi connectivity index (χ0n) is 14.8. The Morgan fingerprint density at radius 2 is 1.70 bits per heavy atom. The Hall–Kier alpha value is -0.610. The lowest BCUT2D eigenvalue weighted by atomic mass is 9.68. The third-order valence-electron chi connectivity index (χ3n) is 7.44. The minimum Gasteiger partial charge on any atom is -0.285 e. The van der Waals surface area contributed by atoms with Gasteiger partial charge < -0.3 is 0 Å². The molecule has 4 rings (SSSR count). The molecule has 6 unspecified atom stereocenters. The first-order chi connectivity index (χ1) is 11.2. The van der Waals surface area contributed by atoms with Crippen molar-refractivity contribution in [1.82, 2.24) is 15.3 Å². The second-order valence-electron chi connectivity index (χ2n) is 8.26. The number of fused-ring (bicyclic) bond motifs is 3. The van der Waals surface area contributed by atoms with Gasteiger partial charge >= 0.3 is 0 Å². The lowest BCUT2D eigenvalue weighted by Gasteiger charge is -2.47. The fraction of sp³-hybridized carbons (Fsp3) is 0.947. The number of carbonyl (C=O) groups excluding carboxylic acids is 1. The van der Waals surface area contributed by atoms with Gasteiger partial charge in [0.1, 0.15) is 0 Å². The standard InChI is InChI=1S/C19H33N3O/c1-3-21(4-2)12-22-19(23)16-11-7-10-14-13-8-5-6-9-15(13)18(20-22)17(14)16/h13-18,20H,3-12H2,1-2H3. The fourth-order valence-electron chi connectivity index (χ4n) is 6.37. The molecule has 0 aromatic rings. The molecule has 1 heterocycles. The van der Waals surface area contributed by atoms with Gasteiger partial charge in [-0.15, -0.1) is 0 Å². The van der Waals surface area contributed by atoms with Crippen LogP contribution in [0.3, 0.4) is 0 Å². The van der Waals surface area contributed by atoms with Gasteiger partial charge in [0, 0.05) is 12.0 Å². The molecule has 0 aromatic heterocycles. The van der Waals surface area contributed by atoms with E-state index in [0.29, 0.717) is 23.8 Å². The smallest absolute Gasteiger partial charge is 0.241 e. The molecule has 130 valence electrons. The SMILES string of the molecule is CCN(CC)CN1NC2C3CCCCC3C3CCCC(C1=O)C32. The predicted molar refractivity (Wildman–Crippen MR) is 91.3 cm³/mol. The van der Waals surface area contributed by atoms with Crippen LogP contribution in [0.1, 0.15) is 58.8 Å². The number of hydrazine groups is 1. The van der Waals surface area contributed by atoms with Crippen molar-refractivity contribution in [2.45, 2.75) is 64.8 Å². The van der Waals surface area contributed by atoms with E-state index >= 15 is 0 Å². The topological polar surface area (TPSA) is 35.6 Å². The number of nitrogens with zero attached hydrogens (tertiary/aromatic N) is 2. The molecular weight excluding hydrogens is 286 g/mol. The summed E-state index contributed by atoms with van der Waals surface area (Å²) in [5.41, 5.74) is 3.73. The van der Waals surface area contributed by atoms with Crippen molar-refractivity contribution in [1.29, 1.82) is 0 Å². The molecule has 1 saturated heterocycles. The molecule has 6 atom stereocenters. The summed E-state index contributed by atoms with van der Waals surface area (Å²) in [7, 11) is 0. The molecule has 4 nitrogen and oxygen atoms in total. The lowest BCUT2D eigenvalue weighted by molar-refractivity contribution is -0.155. The van der Waals surface area contributed by atoms with Crippen LogP contribution < -0.4 is 5.43 Å². The second-order valence-corrected chi connectivity index (χ2v) is 8.26. The molecule has 0 aromatic carbocycles. The van der Waals surface area contributed by atoms with Crippen molar-refractivity contribution < 1.29 is 4.79 Å². The number of rotatable bonds is 4. The van der Waals surface area contributed by atoms with Crippen LogP contribution in [0.4, 0.5) is 0 Å². The highest BCUT2D eigenvalue weighted by Crippen LogP contribution is 2.57. The largest absolute Gasteiger partial charge is 0.285 e. The summed E-state index contributed by atoms with van der Waals surface area (Å²) in [6, 6.07) is 0.573. The van der Waals surface area contributed by atoms with E-state index in [4.69, 9.17) is 0 Å². The van der Waals surface area contributed by atoms with Crippen molar-refractivity contribution in [3.8, 4) is 0 Å². The summed E-state index contributed by atoms with van der Waals surface area (Å²) >= 11 is 0. The number of nitrogens with one attached hydrogen (secondary N) is 1. The minimum atomic E-state index is 0.307. The van der Waals surface area contributed by atoms with Gasteiger partial charge in [-0.2, -0.15) is 0 Å². The Bertz CT molecular complexity index is 450. The lowest BCUT2D eigenvalue weighted by Crippen LogP contribution is -2.64. The summed E-state index contributed by atoms with van der Waals surface area (Å²) in [6.45, 7) is 7.15. The third-order valence-corrected chi connectivity index (χ3v) is 7.44. The van der Waals surface area contributed by atoms with Crippen LogP contribution in [-0.4, -0.2) is 41.6 Å². The summed E-state index contributed by atoms with van der Waals surface area (Å²) < 4.78 is 0. The monoisotopic (exact) mass is 319 g/mol. The van der Waals surface area contributed by atoms with Crippen molar-refractivity contribution in [2.24, 2.45) is 29.6 Å². The van der Waals surface area contributed by atoms with E-state index in [1.807, 2.05) is 5.01 Å². The van der Waals surface area contributed by atoms with Gasteiger partial charge in [0.25, 0.3) is 0 Å². The zero-order valence-corrected chi connectivity index (χ0v) is 14.8. The maximum absolute atomic E-state index is 13.1. The van der Waals surface area contributed by atoms with Crippen LogP contribution in [0, 0.1) is 29.6 Å². The molecule has 1 aliphatic heterocycles. The fourth-order valence-corrected chi connectivity index (χ4v) is 6.37. The maximum atomic E-state index is 13.1. The quantitative estimate of drug-likeness (QED) is 0.865. The average Bonchev–Trinajstić information content (AvgIpc) is 2.92. The molecule has 1 N–H and O–H groups in total. The molecule has 1 amide bonds. The van der Waals surface area contributed by atoms with Gasteiger partial charge in [0.2, 0.25) is 5.91 Å². The van der Waals surface area contributed by atoms with E-state index in [9.17, 15) is 4.79 Å². The molecule has 3 aliphatic carbocycles.